The van der Waals surface area contributed by atoms with Crippen LogP contribution in [0.25, 0.3) is 11.0 Å². The summed E-state index contributed by atoms with van der Waals surface area (Å²) in [6.07, 6.45) is 0. The lowest BCUT2D eigenvalue weighted by Crippen LogP contribution is -1.98. The molecule has 0 atom stereocenters. The van der Waals surface area contributed by atoms with Crippen molar-refractivity contribution in [3.63, 3.8) is 0 Å². The van der Waals surface area contributed by atoms with Crippen molar-refractivity contribution in [3.05, 3.63) is 23.8 Å². The Kier molecular flexibility index (Phi) is 1.87. The predicted molar refractivity (Wildman–Crippen MR) is 50.2 cm³/mol. The fourth-order valence-corrected chi connectivity index (χ4v) is 1.49. The molecule has 14 heavy (non-hydrogen) atoms. The fraction of sp³-hybridized carbons (Fsp3) is 0.222. The van der Waals surface area contributed by atoms with Crippen molar-refractivity contribution in [3.8, 4) is 0 Å². The number of nitrogens with one attached hydrogen (secondary N) is 1. The standard InChI is InChI=1S/C9H9F2N3/c1-12-9-13-7-4-5(10)3-6(11)8(7)14(9)2/h3-4H,1-2H3,(H,12,13). The van der Waals surface area contributed by atoms with Gasteiger partial charge in [0.15, 0.2) is 5.82 Å². The van der Waals surface area contributed by atoms with E-state index >= 15 is 0 Å². The summed E-state index contributed by atoms with van der Waals surface area (Å²) in [5, 5.41) is 2.79. The first-order valence-electron chi connectivity index (χ1n) is 4.12. The molecule has 0 aliphatic rings. The molecule has 0 saturated carbocycles. The maximum absolute atomic E-state index is 13.3. The molecule has 74 valence electrons. The number of rotatable bonds is 1. The minimum atomic E-state index is -0.615. The predicted octanol–water partition coefficient (Wildman–Crippen LogP) is 1.89. The highest BCUT2D eigenvalue weighted by Gasteiger charge is 2.12. The highest BCUT2D eigenvalue weighted by molar-refractivity contribution is 5.79. The van der Waals surface area contributed by atoms with Gasteiger partial charge in [0, 0.05) is 26.2 Å². The number of aryl methyl sites for hydroxylation is 1. The molecule has 1 aromatic carbocycles. The molecular weight excluding hydrogens is 188 g/mol. The highest BCUT2D eigenvalue weighted by Crippen LogP contribution is 2.21. The third kappa shape index (κ3) is 1.13. The first-order chi connectivity index (χ1) is 6.63. The molecular formula is C9H9F2N3. The summed E-state index contributed by atoms with van der Waals surface area (Å²) in [4.78, 5) is 4.02. The van der Waals surface area contributed by atoms with E-state index in [9.17, 15) is 8.78 Å². The van der Waals surface area contributed by atoms with E-state index in [2.05, 4.69) is 10.3 Å². The molecule has 0 amide bonds. The molecule has 2 aromatic rings. The van der Waals surface area contributed by atoms with Gasteiger partial charge in [-0.05, 0) is 0 Å². The summed E-state index contributed by atoms with van der Waals surface area (Å²) in [5.41, 5.74) is 0.616. The fourth-order valence-electron chi connectivity index (χ4n) is 1.49. The Morgan fingerprint density at radius 2 is 2.07 bits per heavy atom. The Labute approximate surface area is 79.4 Å². The van der Waals surface area contributed by atoms with Gasteiger partial charge in [0.1, 0.15) is 11.3 Å². The molecule has 0 unspecified atom stereocenters. The van der Waals surface area contributed by atoms with E-state index in [4.69, 9.17) is 0 Å². The van der Waals surface area contributed by atoms with Crippen LogP contribution in [-0.2, 0) is 7.05 Å². The van der Waals surface area contributed by atoms with E-state index in [0.717, 1.165) is 6.07 Å². The summed E-state index contributed by atoms with van der Waals surface area (Å²) >= 11 is 0. The molecule has 5 heteroatoms. The Morgan fingerprint density at radius 3 is 2.71 bits per heavy atom. The van der Waals surface area contributed by atoms with Gasteiger partial charge in [-0.1, -0.05) is 0 Å². The van der Waals surface area contributed by atoms with E-state index in [0.29, 0.717) is 17.0 Å². The maximum atomic E-state index is 13.3. The maximum Gasteiger partial charge on any atom is 0.203 e. The van der Waals surface area contributed by atoms with E-state index < -0.39 is 11.6 Å². The average molecular weight is 197 g/mol. The second kappa shape index (κ2) is 2.94. The topological polar surface area (TPSA) is 29.9 Å². The average Bonchev–Trinajstić information content (AvgIpc) is 2.42. The molecule has 0 aliphatic carbocycles. The molecule has 0 bridgehead atoms. The van der Waals surface area contributed by atoms with Gasteiger partial charge in [0.25, 0.3) is 0 Å². The molecule has 0 radical (unpaired) electrons. The lowest BCUT2D eigenvalue weighted by molar-refractivity contribution is 0.588. The van der Waals surface area contributed by atoms with Crippen molar-refractivity contribution < 1.29 is 8.78 Å². The molecule has 1 aromatic heterocycles. The van der Waals surface area contributed by atoms with Crippen LogP contribution in [0.5, 0.6) is 0 Å². The highest BCUT2D eigenvalue weighted by atomic mass is 19.1. The molecule has 3 nitrogen and oxygen atoms in total. The van der Waals surface area contributed by atoms with Crippen molar-refractivity contribution in [2.75, 3.05) is 12.4 Å². The zero-order chi connectivity index (χ0) is 10.3. The van der Waals surface area contributed by atoms with Crippen LogP contribution in [0.15, 0.2) is 12.1 Å². The third-order valence-corrected chi connectivity index (χ3v) is 2.11. The van der Waals surface area contributed by atoms with Gasteiger partial charge in [0.2, 0.25) is 5.95 Å². The minimum absolute atomic E-state index is 0.302. The lowest BCUT2D eigenvalue weighted by Gasteiger charge is -2.00. The van der Waals surface area contributed by atoms with Crippen molar-refractivity contribution in [2.24, 2.45) is 7.05 Å². The normalized spacial score (nSPS) is 10.9. The van der Waals surface area contributed by atoms with Crippen LogP contribution < -0.4 is 5.32 Å². The second-order valence-electron chi connectivity index (χ2n) is 3.00. The number of fused-ring (bicyclic) bond motifs is 1. The molecule has 0 aliphatic heterocycles. The van der Waals surface area contributed by atoms with Gasteiger partial charge in [-0.3, -0.25) is 0 Å². The van der Waals surface area contributed by atoms with Crippen LogP contribution in [0.2, 0.25) is 0 Å². The number of hydrogen-bond donors (Lipinski definition) is 1. The SMILES string of the molecule is CNc1nc2cc(F)cc(F)c2n1C. The van der Waals surface area contributed by atoms with Gasteiger partial charge < -0.3 is 9.88 Å². The largest absolute Gasteiger partial charge is 0.359 e. The summed E-state index contributed by atoms with van der Waals surface area (Å²) in [5.74, 6) is -0.711. The van der Waals surface area contributed by atoms with Gasteiger partial charge in [0.05, 0.1) is 5.52 Å². The molecule has 1 heterocycles. The van der Waals surface area contributed by atoms with Gasteiger partial charge in [-0.25, -0.2) is 13.8 Å². The number of anilines is 1. The zero-order valence-corrected chi connectivity index (χ0v) is 7.81. The van der Waals surface area contributed by atoms with Crippen LogP contribution in [0.1, 0.15) is 0 Å². The van der Waals surface area contributed by atoms with Gasteiger partial charge >= 0.3 is 0 Å². The van der Waals surface area contributed by atoms with E-state index in [1.54, 1.807) is 18.7 Å². The van der Waals surface area contributed by atoms with Gasteiger partial charge in [-0.15, -0.1) is 0 Å². The first-order valence-corrected chi connectivity index (χ1v) is 4.12. The number of benzene rings is 1. The van der Waals surface area contributed by atoms with Crippen LogP contribution >= 0.6 is 0 Å². The number of halogens is 2. The van der Waals surface area contributed by atoms with Gasteiger partial charge in [-0.2, -0.15) is 0 Å². The van der Waals surface area contributed by atoms with Crippen LogP contribution in [0.4, 0.5) is 14.7 Å². The van der Waals surface area contributed by atoms with Crippen molar-refractivity contribution in [1.82, 2.24) is 9.55 Å². The van der Waals surface area contributed by atoms with E-state index in [1.807, 2.05) is 0 Å². The first kappa shape index (κ1) is 8.93. The van der Waals surface area contributed by atoms with Crippen LogP contribution in [0, 0.1) is 11.6 Å². The van der Waals surface area contributed by atoms with Crippen LogP contribution in [-0.4, -0.2) is 16.6 Å². The molecule has 0 fully saturated rings. The van der Waals surface area contributed by atoms with Crippen LogP contribution in [0.3, 0.4) is 0 Å². The van der Waals surface area contributed by atoms with E-state index in [1.165, 1.54) is 6.07 Å². The van der Waals surface area contributed by atoms with Crippen molar-refractivity contribution in [2.45, 2.75) is 0 Å². The number of nitrogens with zero attached hydrogens (tertiary/aromatic N) is 2. The Bertz CT molecular complexity index is 490. The third-order valence-electron chi connectivity index (χ3n) is 2.11. The minimum Gasteiger partial charge on any atom is -0.359 e. The smallest absolute Gasteiger partial charge is 0.203 e. The molecule has 0 saturated heterocycles. The number of imidazole rings is 1. The summed E-state index contributed by atoms with van der Waals surface area (Å²) in [7, 11) is 3.34. The monoisotopic (exact) mass is 197 g/mol. The number of aromatic nitrogens is 2. The summed E-state index contributed by atoms with van der Waals surface area (Å²) in [6, 6.07) is 2.06. The van der Waals surface area contributed by atoms with Crippen molar-refractivity contribution in [1.29, 1.82) is 0 Å². The molecule has 2 rings (SSSR count). The summed E-state index contributed by atoms with van der Waals surface area (Å²) < 4.78 is 27.7. The zero-order valence-electron chi connectivity index (χ0n) is 7.81. The Balaban J connectivity index is 2.85. The lowest BCUT2D eigenvalue weighted by atomic mass is 10.3. The second-order valence-corrected chi connectivity index (χ2v) is 3.00. The van der Waals surface area contributed by atoms with Crippen molar-refractivity contribution >= 4 is 17.0 Å². The Morgan fingerprint density at radius 1 is 1.36 bits per heavy atom. The number of hydrogen-bond acceptors (Lipinski definition) is 2. The molecule has 1 N–H and O–H groups in total. The Hall–Kier alpha value is -1.65. The molecule has 0 spiro atoms. The summed E-state index contributed by atoms with van der Waals surface area (Å²) in [6.45, 7) is 0. The quantitative estimate of drug-likeness (QED) is 0.756. The van der Waals surface area contributed by atoms with E-state index in [-0.39, 0.29) is 0 Å².